The van der Waals surface area contributed by atoms with Gasteiger partial charge in [0.1, 0.15) is 6.54 Å². The molecule has 0 N–H and O–H groups in total. The minimum atomic E-state index is 0.256. The molecule has 3 aromatic rings. The van der Waals surface area contributed by atoms with Crippen LogP contribution in [0.3, 0.4) is 0 Å². The van der Waals surface area contributed by atoms with E-state index in [0.717, 1.165) is 47.4 Å². The van der Waals surface area contributed by atoms with E-state index >= 15 is 0 Å². The zero-order chi connectivity index (χ0) is 20.7. The van der Waals surface area contributed by atoms with Crippen LogP contribution in [-0.4, -0.2) is 35.4 Å². The Morgan fingerprint density at radius 2 is 1.87 bits per heavy atom. The molecular weight excluding hydrogens is 388 g/mol. The fourth-order valence-corrected chi connectivity index (χ4v) is 5.79. The van der Waals surface area contributed by atoms with Crippen molar-refractivity contribution in [3.05, 3.63) is 92.4 Å². The van der Waals surface area contributed by atoms with Crippen molar-refractivity contribution >= 4 is 22.7 Å². The van der Waals surface area contributed by atoms with Gasteiger partial charge in [0.15, 0.2) is 5.78 Å². The molecule has 152 valence electrons. The minimum Gasteiger partial charge on any atom is -0.322 e. The van der Waals surface area contributed by atoms with Gasteiger partial charge in [-0.25, -0.2) is 0 Å². The first-order valence-corrected chi connectivity index (χ1v) is 11.6. The number of benzene rings is 1. The van der Waals surface area contributed by atoms with Crippen molar-refractivity contribution in [3.8, 4) is 0 Å². The number of aryl methyl sites for hydroxylation is 1. The molecule has 2 aromatic heterocycles. The van der Waals surface area contributed by atoms with E-state index in [-0.39, 0.29) is 5.78 Å². The number of fused-ring (bicyclic) bond motifs is 2. The van der Waals surface area contributed by atoms with Crippen LogP contribution in [0.1, 0.15) is 50.3 Å². The fraction of sp³-hybridized carbons (Fsp3) is 0.308. The van der Waals surface area contributed by atoms with Crippen LogP contribution in [0.4, 0.5) is 0 Å². The molecule has 1 aliphatic heterocycles. The first-order chi connectivity index (χ1) is 14.5. The van der Waals surface area contributed by atoms with Crippen molar-refractivity contribution in [2.24, 2.45) is 0 Å². The van der Waals surface area contributed by atoms with Gasteiger partial charge in [-0.05, 0) is 46.7 Å². The molecule has 5 rings (SSSR count). The lowest BCUT2D eigenvalue weighted by Crippen LogP contribution is -2.47. The smallest absolute Gasteiger partial charge is 0.177 e. The summed E-state index contributed by atoms with van der Waals surface area (Å²) in [6.45, 7) is 5.44. The summed E-state index contributed by atoms with van der Waals surface area (Å²) in [4.78, 5) is 18.1. The van der Waals surface area contributed by atoms with E-state index in [1.807, 2.05) is 12.4 Å². The second kappa shape index (κ2) is 7.60. The summed E-state index contributed by atoms with van der Waals surface area (Å²) in [5.41, 5.74) is 9.10. The van der Waals surface area contributed by atoms with E-state index < -0.39 is 0 Å². The number of hydrogen-bond acceptors (Lipinski definition) is 3. The Labute approximate surface area is 182 Å². The minimum absolute atomic E-state index is 0.256. The summed E-state index contributed by atoms with van der Waals surface area (Å²) in [7, 11) is 2.37. The van der Waals surface area contributed by atoms with Crippen molar-refractivity contribution < 1.29 is 9.28 Å². The first kappa shape index (κ1) is 19.4. The van der Waals surface area contributed by atoms with Gasteiger partial charge in [0.2, 0.25) is 0 Å². The molecule has 0 saturated carbocycles. The second-order valence-electron chi connectivity index (χ2n) is 8.93. The van der Waals surface area contributed by atoms with Gasteiger partial charge >= 0.3 is 0 Å². The van der Waals surface area contributed by atoms with E-state index in [4.69, 9.17) is 0 Å². The predicted molar refractivity (Wildman–Crippen MR) is 123 cm³/mol. The van der Waals surface area contributed by atoms with Crippen LogP contribution in [0.2, 0.25) is 0 Å². The Hall–Kier alpha value is -2.56. The highest BCUT2D eigenvalue weighted by atomic mass is 32.1. The van der Waals surface area contributed by atoms with Gasteiger partial charge in [0.05, 0.1) is 25.0 Å². The summed E-state index contributed by atoms with van der Waals surface area (Å²) in [6, 6.07) is 12.8. The van der Waals surface area contributed by atoms with E-state index in [1.54, 1.807) is 11.3 Å². The Balaban J connectivity index is 1.51. The number of likely N-dealkylation sites (tertiary alicyclic amines) is 1. The summed E-state index contributed by atoms with van der Waals surface area (Å²) in [5, 5.41) is 2.07. The van der Waals surface area contributed by atoms with E-state index in [9.17, 15) is 4.79 Å². The molecule has 1 saturated heterocycles. The molecule has 0 spiro atoms. The van der Waals surface area contributed by atoms with Crippen LogP contribution in [0.25, 0.3) is 5.57 Å². The van der Waals surface area contributed by atoms with Crippen molar-refractivity contribution in [2.45, 2.75) is 32.7 Å². The van der Waals surface area contributed by atoms with E-state index in [2.05, 4.69) is 60.7 Å². The predicted octanol–water partition coefficient (Wildman–Crippen LogP) is 5.43. The topological polar surface area (TPSA) is 30.0 Å². The molecule has 1 aromatic carbocycles. The summed E-state index contributed by atoms with van der Waals surface area (Å²) in [5.74, 6) is 0.256. The number of carbonyl (C=O) groups excluding carboxylic acids is 1. The monoisotopic (exact) mass is 415 g/mol. The number of rotatable bonds is 2. The van der Waals surface area contributed by atoms with Crippen molar-refractivity contribution in [1.29, 1.82) is 0 Å². The van der Waals surface area contributed by atoms with Gasteiger partial charge < -0.3 is 4.48 Å². The van der Waals surface area contributed by atoms with Gasteiger partial charge in [-0.15, -0.1) is 11.3 Å². The molecule has 0 amide bonds. The molecule has 4 heteroatoms. The third kappa shape index (κ3) is 3.44. The lowest BCUT2D eigenvalue weighted by Gasteiger charge is -2.39. The number of Topliss-reactive ketones (excluding diaryl/α,β-unsaturated/α-hetero) is 1. The Morgan fingerprint density at radius 3 is 2.67 bits per heavy atom. The number of pyridine rings is 1. The van der Waals surface area contributed by atoms with Crippen LogP contribution in [0, 0.1) is 6.92 Å². The summed E-state index contributed by atoms with van der Waals surface area (Å²) in [6.07, 6.45) is 6.55. The molecule has 30 heavy (non-hydrogen) atoms. The number of carbonyl (C=O) groups is 1. The van der Waals surface area contributed by atoms with E-state index in [0.29, 0.717) is 6.42 Å². The number of nitrogens with zero attached hydrogens (tertiary/aromatic N) is 2. The second-order valence-corrected chi connectivity index (χ2v) is 9.84. The van der Waals surface area contributed by atoms with Crippen LogP contribution in [0.15, 0.2) is 59.7 Å². The first-order valence-electron chi connectivity index (χ1n) is 10.7. The summed E-state index contributed by atoms with van der Waals surface area (Å²) < 4.78 is 1.04. The molecule has 0 bridgehead atoms. The maximum Gasteiger partial charge on any atom is 0.177 e. The molecular formula is C26H27N2OS+. The Kier molecular flexibility index (Phi) is 4.92. The zero-order valence-corrected chi connectivity index (χ0v) is 18.5. The zero-order valence-electron chi connectivity index (χ0n) is 17.6. The number of piperidine rings is 1. The number of quaternary nitrogens is 1. The van der Waals surface area contributed by atoms with Crippen LogP contribution < -0.4 is 0 Å². The molecule has 1 fully saturated rings. The average Bonchev–Trinajstić information content (AvgIpc) is 3.18. The number of ketones is 1. The third-order valence-electron chi connectivity index (χ3n) is 6.79. The van der Waals surface area contributed by atoms with Gasteiger partial charge in [-0.2, -0.15) is 0 Å². The maximum atomic E-state index is 12.9. The van der Waals surface area contributed by atoms with Gasteiger partial charge in [-0.3, -0.25) is 9.78 Å². The Bertz CT molecular complexity index is 1150. The molecule has 0 radical (unpaired) electrons. The van der Waals surface area contributed by atoms with Gasteiger partial charge in [0, 0.05) is 42.8 Å². The van der Waals surface area contributed by atoms with E-state index in [1.165, 1.54) is 33.4 Å². The van der Waals surface area contributed by atoms with Gasteiger partial charge in [0.25, 0.3) is 0 Å². The van der Waals surface area contributed by atoms with Crippen molar-refractivity contribution in [3.63, 3.8) is 0 Å². The molecule has 1 aliphatic carbocycles. The largest absolute Gasteiger partial charge is 0.322 e. The van der Waals surface area contributed by atoms with Crippen molar-refractivity contribution in [2.75, 3.05) is 20.1 Å². The number of hydrogen-bond donors (Lipinski definition) is 0. The molecule has 3 heterocycles. The lowest BCUT2D eigenvalue weighted by molar-refractivity contribution is -0.925. The highest BCUT2D eigenvalue weighted by molar-refractivity contribution is 7.12. The standard InChI is InChI=1S/C26H27N2OS/c1-18-7-11-27-16-21(18)17-28(2)12-8-19(9-13-28)25-22-6-4-3-5-20(22)15-24(29)26-23(25)10-14-30-26/h3-7,10-11,14,16H,8-9,12-13,15,17H2,1-2H3/q+1. The Morgan fingerprint density at radius 1 is 1.07 bits per heavy atom. The third-order valence-corrected chi connectivity index (χ3v) is 7.74. The number of aromatic nitrogens is 1. The van der Waals surface area contributed by atoms with Crippen LogP contribution in [-0.2, 0) is 13.0 Å². The highest BCUT2D eigenvalue weighted by Gasteiger charge is 2.32. The van der Waals surface area contributed by atoms with Gasteiger partial charge in [-0.1, -0.05) is 29.8 Å². The summed E-state index contributed by atoms with van der Waals surface area (Å²) >= 11 is 1.59. The average molecular weight is 416 g/mol. The van der Waals surface area contributed by atoms with Crippen LogP contribution >= 0.6 is 11.3 Å². The SMILES string of the molecule is Cc1ccncc1C[N+]1(C)CCC(=C2c3ccccc3CC(=O)c3sccc32)CC1. The molecule has 0 atom stereocenters. The molecule has 0 unspecified atom stereocenters. The van der Waals surface area contributed by atoms with Crippen LogP contribution in [0.5, 0.6) is 0 Å². The highest BCUT2D eigenvalue weighted by Crippen LogP contribution is 2.41. The maximum absolute atomic E-state index is 12.9. The number of thiophene rings is 1. The fourth-order valence-electron chi connectivity index (χ4n) is 4.95. The normalized spacial score (nSPS) is 21.2. The molecule has 2 aliphatic rings. The molecule has 3 nitrogen and oxygen atoms in total. The van der Waals surface area contributed by atoms with Crippen molar-refractivity contribution in [1.82, 2.24) is 4.98 Å². The quantitative estimate of drug-likeness (QED) is 0.522. The lowest BCUT2D eigenvalue weighted by atomic mass is 9.87.